The standard InChI is InChI=1S/C23H31N3O2S/c1-17(19-13-9-6-10-14-19)25-21(29)24-16-20(15-18-11-7-5-8-12-18)26-22(27)28-23(2,3)4/h5-14,17,20H,15-16H2,1-4H3,(H,26,27)(H2,24,25,29)/t17-,20+/m1/s1. The average molecular weight is 414 g/mol. The Balaban J connectivity index is 1.93. The summed E-state index contributed by atoms with van der Waals surface area (Å²) in [6, 6.07) is 20.1. The van der Waals surface area contributed by atoms with Gasteiger partial charge in [0.1, 0.15) is 5.60 Å². The second kappa shape index (κ2) is 10.8. The van der Waals surface area contributed by atoms with Gasteiger partial charge >= 0.3 is 6.09 Å². The van der Waals surface area contributed by atoms with E-state index in [1.165, 1.54) is 0 Å². The molecular formula is C23H31N3O2S. The van der Waals surface area contributed by atoms with Crippen LogP contribution in [0.15, 0.2) is 60.7 Å². The number of hydrogen-bond donors (Lipinski definition) is 3. The second-order valence-corrected chi connectivity index (χ2v) is 8.43. The Morgan fingerprint density at radius 1 is 1.00 bits per heavy atom. The number of hydrogen-bond acceptors (Lipinski definition) is 3. The fraction of sp³-hybridized carbons (Fsp3) is 0.391. The van der Waals surface area contributed by atoms with Crippen molar-refractivity contribution in [3.63, 3.8) is 0 Å². The molecule has 0 radical (unpaired) electrons. The number of alkyl carbamates (subject to hydrolysis) is 1. The Hall–Kier alpha value is -2.60. The van der Waals surface area contributed by atoms with Gasteiger partial charge in [-0.05, 0) is 57.5 Å². The van der Waals surface area contributed by atoms with Crippen LogP contribution in [0, 0.1) is 0 Å². The van der Waals surface area contributed by atoms with E-state index in [2.05, 4.69) is 35.0 Å². The van der Waals surface area contributed by atoms with Crippen molar-refractivity contribution in [3.8, 4) is 0 Å². The third-order valence-corrected chi connectivity index (χ3v) is 4.46. The molecule has 0 unspecified atom stereocenters. The van der Waals surface area contributed by atoms with Gasteiger partial charge in [-0.15, -0.1) is 0 Å². The normalized spacial score (nSPS) is 13.1. The Morgan fingerprint density at radius 3 is 2.17 bits per heavy atom. The molecule has 0 aromatic heterocycles. The van der Waals surface area contributed by atoms with Crippen molar-refractivity contribution in [1.29, 1.82) is 0 Å². The summed E-state index contributed by atoms with van der Waals surface area (Å²) in [5.41, 5.74) is 1.74. The van der Waals surface area contributed by atoms with Gasteiger partial charge in [0.05, 0.1) is 12.1 Å². The quantitative estimate of drug-likeness (QED) is 0.589. The van der Waals surface area contributed by atoms with Gasteiger partial charge in [-0.1, -0.05) is 60.7 Å². The van der Waals surface area contributed by atoms with Gasteiger partial charge in [0, 0.05) is 6.54 Å². The fourth-order valence-corrected chi connectivity index (χ4v) is 3.10. The summed E-state index contributed by atoms with van der Waals surface area (Å²) < 4.78 is 5.41. The number of rotatable bonds is 7. The van der Waals surface area contributed by atoms with Gasteiger partial charge in [0.2, 0.25) is 0 Å². The predicted octanol–water partition coefficient (Wildman–Crippen LogP) is 4.35. The number of carbonyl (C=O) groups is 1. The Labute approximate surface area is 179 Å². The maximum atomic E-state index is 12.3. The number of nitrogens with one attached hydrogen (secondary N) is 3. The van der Waals surface area contributed by atoms with E-state index in [-0.39, 0.29) is 12.1 Å². The second-order valence-electron chi connectivity index (χ2n) is 8.02. The van der Waals surface area contributed by atoms with Crippen LogP contribution in [0.1, 0.15) is 44.9 Å². The van der Waals surface area contributed by atoms with Gasteiger partial charge in [-0.2, -0.15) is 0 Å². The summed E-state index contributed by atoms with van der Waals surface area (Å²) in [4.78, 5) is 12.3. The molecule has 0 bridgehead atoms. The largest absolute Gasteiger partial charge is 0.444 e. The summed E-state index contributed by atoms with van der Waals surface area (Å²) in [7, 11) is 0. The SMILES string of the molecule is C[C@@H](NC(=S)NC[C@H](Cc1ccccc1)NC(=O)OC(C)(C)C)c1ccccc1. The number of thiocarbonyl (C=S) groups is 1. The highest BCUT2D eigenvalue weighted by molar-refractivity contribution is 7.80. The van der Waals surface area contributed by atoms with Gasteiger partial charge in [-0.25, -0.2) is 4.79 Å². The minimum Gasteiger partial charge on any atom is -0.444 e. The predicted molar refractivity (Wildman–Crippen MR) is 122 cm³/mol. The minimum absolute atomic E-state index is 0.0857. The van der Waals surface area contributed by atoms with Gasteiger partial charge < -0.3 is 20.7 Å². The summed E-state index contributed by atoms with van der Waals surface area (Å²) in [6.45, 7) is 8.09. The number of carbonyl (C=O) groups excluding carboxylic acids is 1. The van der Waals surface area contributed by atoms with E-state index in [0.717, 1.165) is 11.1 Å². The Kier molecular flexibility index (Phi) is 8.46. The van der Waals surface area contributed by atoms with Crippen LogP contribution in [0.2, 0.25) is 0 Å². The molecule has 0 saturated carbocycles. The molecule has 0 aliphatic carbocycles. The fourth-order valence-electron chi connectivity index (χ4n) is 2.84. The van der Waals surface area contributed by atoms with Crippen molar-refractivity contribution in [2.75, 3.05) is 6.54 Å². The number of amides is 1. The molecule has 0 fully saturated rings. The first kappa shape index (κ1) is 22.7. The monoisotopic (exact) mass is 413 g/mol. The molecule has 2 aromatic carbocycles. The van der Waals surface area contributed by atoms with Crippen molar-refractivity contribution < 1.29 is 9.53 Å². The lowest BCUT2D eigenvalue weighted by molar-refractivity contribution is 0.0505. The Morgan fingerprint density at radius 2 is 1.59 bits per heavy atom. The van der Waals surface area contributed by atoms with Gasteiger partial charge in [0.25, 0.3) is 0 Å². The molecule has 156 valence electrons. The Bertz CT molecular complexity index is 776. The highest BCUT2D eigenvalue weighted by Gasteiger charge is 2.20. The maximum absolute atomic E-state index is 12.3. The van der Waals surface area contributed by atoms with E-state index in [0.29, 0.717) is 18.1 Å². The average Bonchev–Trinajstić information content (AvgIpc) is 2.66. The lowest BCUT2D eigenvalue weighted by Crippen LogP contribution is -2.48. The first-order chi connectivity index (χ1) is 13.7. The van der Waals surface area contributed by atoms with Gasteiger partial charge in [0.15, 0.2) is 5.11 Å². The molecule has 0 spiro atoms. The van der Waals surface area contributed by atoms with E-state index in [1.807, 2.05) is 69.3 Å². The molecule has 6 heteroatoms. The van der Waals surface area contributed by atoms with Crippen molar-refractivity contribution >= 4 is 23.4 Å². The third-order valence-electron chi connectivity index (χ3n) is 4.20. The van der Waals surface area contributed by atoms with Crippen LogP contribution >= 0.6 is 12.2 Å². The zero-order valence-electron chi connectivity index (χ0n) is 17.6. The molecule has 0 aliphatic rings. The maximum Gasteiger partial charge on any atom is 0.407 e. The molecule has 0 saturated heterocycles. The van der Waals surface area contributed by atoms with E-state index in [4.69, 9.17) is 17.0 Å². The molecule has 2 aromatic rings. The van der Waals surface area contributed by atoms with E-state index < -0.39 is 11.7 Å². The molecule has 5 nitrogen and oxygen atoms in total. The van der Waals surface area contributed by atoms with Crippen LogP contribution < -0.4 is 16.0 Å². The molecule has 2 rings (SSSR count). The zero-order valence-corrected chi connectivity index (χ0v) is 18.4. The zero-order chi connectivity index (χ0) is 21.3. The smallest absolute Gasteiger partial charge is 0.407 e. The highest BCUT2D eigenvalue weighted by atomic mass is 32.1. The lowest BCUT2D eigenvalue weighted by atomic mass is 10.1. The molecule has 1 amide bonds. The summed E-state index contributed by atoms with van der Waals surface area (Å²) in [5, 5.41) is 10.0. The molecule has 3 N–H and O–H groups in total. The molecule has 0 heterocycles. The minimum atomic E-state index is -0.545. The van der Waals surface area contributed by atoms with E-state index in [9.17, 15) is 4.79 Å². The molecule has 2 atom stereocenters. The number of ether oxygens (including phenoxy) is 1. The van der Waals surface area contributed by atoms with Gasteiger partial charge in [-0.3, -0.25) is 0 Å². The van der Waals surface area contributed by atoms with Crippen LogP contribution in [0.3, 0.4) is 0 Å². The van der Waals surface area contributed by atoms with Crippen molar-refractivity contribution in [1.82, 2.24) is 16.0 Å². The van der Waals surface area contributed by atoms with Crippen LogP contribution in [0.5, 0.6) is 0 Å². The third kappa shape index (κ3) is 8.96. The first-order valence-corrected chi connectivity index (χ1v) is 10.3. The van der Waals surface area contributed by atoms with E-state index in [1.54, 1.807) is 0 Å². The first-order valence-electron chi connectivity index (χ1n) is 9.85. The van der Waals surface area contributed by atoms with Crippen molar-refractivity contribution in [2.45, 2.75) is 51.8 Å². The topological polar surface area (TPSA) is 62.4 Å². The lowest BCUT2D eigenvalue weighted by Gasteiger charge is -2.25. The summed E-state index contributed by atoms with van der Waals surface area (Å²) >= 11 is 5.45. The van der Waals surface area contributed by atoms with Crippen LogP contribution in [-0.2, 0) is 11.2 Å². The molecular weight excluding hydrogens is 382 g/mol. The summed E-state index contributed by atoms with van der Waals surface area (Å²) in [6.07, 6.45) is 0.237. The highest BCUT2D eigenvalue weighted by Crippen LogP contribution is 2.11. The van der Waals surface area contributed by atoms with E-state index >= 15 is 0 Å². The summed E-state index contributed by atoms with van der Waals surface area (Å²) in [5.74, 6) is 0. The number of benzene rings is 2. The van der Waals surface area contributed by atoms with Crippen LogP contribution in [0.25, 0.3) is 0 Å². The van der Waals surface area contributed by atoms with Crippen molar-refractivity contribution in [3.05, 3.63) is 71.8 Å². The van der Waals surface area contributed by atoms with Crippen molar-refractivity contribution in [2.24, 2.45) is 0 Å². The van der Waals surface area contributed by atoms with Crippen LogP contribution in [0.4, 0.5) is 4.79 Å². The van der Waals surface area contributed by atoms with Crippen LogP contribution in [-0.4, -0.2) is 29.4 Å². The molecule has 29 heavy (non-hydrogen) atoms. The molecule has 0 aliphatic heterocycles.